The van der Waals surface area contributed by atoms with E-state index >= 15 is 0 Å². The molecule has 3 nitrogen and oxygen atoms in total. The lowest BCUT2D eigenvalue weighted by atomic mass is 10.0. The number of amides is 1. The van der Waals surface area contributed by atoms with Crippen LogP contribution in [0.3, 0.4) is 0 Å². The molecule has 1 rings (SSSR count). The Bertz CT molecular complexity index is 217. The summed E-state index contributed by atoms with van der Waals surface area (Å²) in [5.74, 6) is 0.845. The second kappa shape index (κ2) is 8.81. The Hall–Kier alpha value is -0.220. The van der Waals surface area contributed by atoms with Crippen molar-refractivity contribution < 1.29 is 4.79 Å². The van der Waals surface area contributed by atoms with E-state index in [0.29, 0.717) is 0 Å². The fourth-order valence-corrected chi connectivity index (χ4v) is 3.62. The molecule has 0 spiro atoms. The van der Waals surface area contributed by atoms with Crippen LogP contribution >= 0.6 is 11.8 Å². The van der Waals surface area contributed by atoms with Crippen LogP contribution in [0.1, 0.15) is 51.9 Å². The Balaban J connectivity index is 2.14. The highest BCUT2D eigenvalue weighted by molar-refractivity contribution is 7.99. The van der Waals surface area contributed by atoms with E-state index in [4.69, 9.17) is 5.73 Å². The van der Waals surface area contributed by atoms with Gasteiger partial charge in [-0.25, -0.2) is 0 Å². The molecule has 1 aliphatic carbocycles. The molecular weight excluding hydrogens is 232 g/mol. The second-order valence-electron chi connectivity index (χ2n) is 4.83. The number of rotatable bonds is 8. The molecule has 100 valence electrons. The third-order valence-electron chi connectivity index (χ3n) is 3.30. The Kier molecular flexibility index (Phi) is 7.69. The maximum absolute atomic E-state index is 11.2. The first-order valence-electron chi connectivity index (χ1n) is 6.88. The zero-order chi connectivity index (χ0) is 12.5. The van der Waals surface area contributed by atoms with Crippen LogP contribution in [0.5, 0.6) is 0 Å². The minimum absolute atomic E-state index is 0.133. The van der Waals surface area contributed by atoms with Gasteiger partial charge >= 0.3 is 0 Å². The average Bonchev–Trinajstić information content (AvgIpc) is 2.34. The largest absolute Gasteiger partial charge is 0.368 e. The second-order valence-corrected chi connectivity index (χ2v) is 6.24. The smallest absolute Gasteiger partial charge is 0.234 e. The van der Waals surface area contributed by atoms with Crippen LogP contribution in [-0.2, 0) is 4.79 Å². The molecule has 1 atom stereocenters. The number of nitrogens with two attached hydrogens (primary N) is 1. The maximum Gasteiger partial charge on any atom is 0.234 e. The summed E-state index contributed by atoms with van der Waals surface area (Å²) in [6.45, 7) is 2.98. The van der Waals surface area contributed by atoms with Crippen LogP contribution in [0.15, 0.2) is 0 Å². The van der Waals surface area contributed by atoms with E-state index in [0.717, 1.165) is 30.4 Å². The highest BCUT2D eigenvalue weighted by Crippen LogP contribution is 2.28. The molecule has 0 bridgehead atoms. The summed E-state index contributed by atoms with van der Waals surface area (Å²) in [6.07, 6.45) is 8.79. The van der Waals surface area contributed by atoms with E-state index in [9.17, 15) is 4.79 Å². The molecule has 0 heterocycles. The number of nitrogens with one attached hydrogen (secondary N) is 1. The van der Waals surface area contributed by atoms with Crippen molar-refractivity contribution in [2.45, 2.75) is 63.2 Å². The van der Waals surface area contributed by atoms with Gasteiger partial charge in [0.25, 0.3) is 0 Å². The average molecular weight is 258 g/mol. The fourth-order valence-electron chi connectivity index (χ4n) is 2.25. The van der Waals surface area contributed by atoms with Crippen molar-refractivity contribution >= 4 is 17.7 Å². The molecule has 4 heteroatoms. The molecule has 0 aromatic heterocycles. The Morgan fingerprint density at radius 2 is 2.12 bits per heavy atom. The molecule has 0 aromatic carbocycles. The lowest BCUT2D eigenvalue weighted by molar-refractivity contribution is -0.120. The van der Waals surface area contributed by atoms with Crippen molar-refractivity contribution in [1.82, 2.24) is 5.32 Å². The molecule has 1 unspecified atom stereocenters. The summed E-state index contributed by atoms with van der Waals surface area (Å²) in [5.41, 5.74) is 5.39. The molecule has 0 aromatic rings. The first kappa shape index (κ1) is 14.8. The number of primary amides is 1. The first-order chi connectivity index (χ1) is 8.24. The van der Waals surface area contributed by atoms with Crippen LogP contribution in [0.4, 0.5) is 0 Å². The van der Waals surface area contributed by atoms with Gasteiger partial charge in [-0.15, -0.1) is 0 Å². The normalized spacial score (nSPS) is 19.1. The van der Waals surface area contributed by atoms with E-state index in [1.54, 1.807) is 0 Å². The summed E-state index contributed by atoms with van der Waals surface area (Å²) in [6, 6.07) is -0.133. The van der Waals surface area contributed by atoms with Gasteiger partial charge in [0.1, 0.15) is 0 Å². The standard InChI is InChI=1S/C13H26N2OS/c1-2-9-15-12(13(14)16)8-10-17-11-6-4-3-5-7-11/h11-12,15H,2-10H2,1H3,(H2,14,16). The minimum atomic E-state index is -0.206. The van der Waals surface area contributed by atoms with E-state index in [1.165, 1.54) is 32.1 Å². The summed E-state index contributed by atoms with van der Waals surface area (Å²) in [7, 11) is 0. The monoisotopic (exact) mass is 258 g/mol. The molecule has 1 aliphatic rings. The van der Waals surface area contributed by atoms with Crippen LogP contribution in [0, 0.1) is 0 Å². The molecule has 0 radical (unpaired) electrons. The van der Waals surface area contributed by atoms with Gasteiger partial charge in [-0.3, -0.25) is 4.79 Å². The summed E-state index contributed by atoms with van der Waals surface area (Å²) < 4.78 is 0. The van der Waals surface area contributed by atoms with E-state index in [2.05, 4.69) is 12.2 Å². The third kappa shape index (κ3) is 6.32. The molecule has 1 fully saturated rings. The molecule has 1 amide bonds. The number of hydrogen-bond donors (Lipinski definition) is 2. The quantitative estimate of drug-likeness (QED) is 0.702. The van der Waals surface area contributed by atoms with Crippen molar-refractivity contribution in [3.05, 3.63) is 0 Å². The van der Waals surface area contributed by atoms with Crippen molar-refractivity contribution in [1.29, 1.82) is 0 Å². The number of hydrogen-bond acceptors (Lipinski definition) is 3. The molecule has 1 saturated carbocycles. The third-order valence-corrected chi connectivity index (χ3v) is 4.71. The predicted octanol–water partition coefficient (Wildman–Crippen LogP) is 2.30. The maximum atomic E-state index is 11.2. The molecule has 0 saturated heterocycles. The molecular formula is C13H26N2OS. The van der Waals surface area contributed by atoms with Gasteiger partial charge in [0.05, 0.1) is 6.04 Å². The zero-order valence-corrected chi connectivity index (χ0v) is 11.7. The van der Waals surface area contributed by atoms with Crippen molar-refractivity contribution in [3.63, 3.8) is 0 Å². The van der Waals surface area contributed by atoms with Crippen LogP contribution in [0.25, 0.3) is 0 Å². The first-order valence-corrected chi connectivity index (χ1v) is 7.93. The number of thioether (sulfide) groups is 1. The van der Waals surface area contributed by atoms with Crippen molar-refractivity contribution in [2.24, 2.45) is 5.73 Å². The molecule has 0 aliphatic heterocycles. The van der Waals surface area contributed by atoms with Gasteiger partial charge in [0, 0.05) is 5.25 Å². The van der Waals surface area contributed by atoms with Crippen molar-refractivity contribution in [3.8, 4) is 0 Å². The van der Waals surface area contributed by atoms with Gasteiger partial charge < -0.3 is 11.1 Å². The zero-order valence-electron chi connectivity index (χ0n) is 10.9. The predicted molar refractivity (Wildman–Crippen MR) is 75.2 cm³/mol. The van der Waals surface area contributed by atoms with E-state index < -0.39 is 0 Å². The number of carbonyl (C=O) groups excluding carboxylic acids is 1. The Morgan fingerprint density at radius 1 is 1.41 bits per heavy atom. The molecule has 17 heavy (non-hydrogen) atoms. The highest BCUT2D eigenvalue weighted by atomic mass is 32.2. The molecule has 3 N–H and O–H groups in total. The SMILES string of the molecule is CCCNC(CCSC1CCCCC1)C(N)=O. The van der Waals surface area contributed by atoms with Gasteiger partial charge in [-0.2, -0.15) is 11.8 Å². The Labute approximate surface area is 109 Å². The van der Waals surface area contributed by atoms with Gasteiger partial charge in [0.2, 0.25) is 5.91 Å². The lowest BCUT2D eigenvalue weighted by Crippen LogP contribution is -2.42. The summed E-state index contributed by atoms with van der Waals surface area (Å²) >= 11 is 2.03. The Morgan fingerprint density at radius 3 is 2.71 bits per heavy atom. The highest BCUT2D eigenvalue weighted by Gasteiger charge is 2.17. The van der Waals surface area contributed by atoms with Crippen LogP contribution in [0.2, 0.25) is 0 Å². The minimum Gasteiger partial charge on any atom is -0.368 e. The van der Waals surface area contributed by atoms with Gasteiger partial charge in [-0.05, 0) is 38.0 Å². The van der Waals surface area contributed by atoms with Crippen molar-refractivity contribution in [2.75, 3.05) is 12.3 Å². The van der Waals surface area contributed by atoms with Crippen LogP contribution in [-0.4, -0.2) is 29.5 Å². The summed E-state index contributed by atoms with van der Waals surface area (Å²) in [5, 5.41) is 4.04. The van der Waals surface area contributed by atoms with Gasteiger partial charge in [0.15, 0.2) is 0 Å². The van der Waals surface area contributed by atoms with Gasteiger partial charge in [-0.1, -0.05) is 26.2 Å². The van der Waals surface area contributed by atoms with Crippen LogP contribution < -0.4 is 11.1 Å². The number of carbonyl (C=O) groups is 1. The van der Waals surface area contributed by atoms with E-state index in [-0.39, 0.29) is 11.9 Å². The van der Waals surface area contributed by atoms with E-state index in [1.807, 2.05) is 11.8 Å². The topological polar surface area (TPSA) is 55.1 Å². The lowest BCUT2D eigenvalue weighted by Gasteiger charge is -2.22. The summed E-state index contributed by atoms with van der Waals surface area (Å²) in [4.78, 5) is 11.2. The fraction of sp³-hybridized carbons (Fsp3) is 0.923.